The number of hydrogen-bond donors (Lipinski definition) is 0. The summed E-state index contributed by atoms with van der Waals surface area (Å²) in [5.41, 5.74) is 1.24. The molecule has 0 N–H and O–H groups in total. The lowest BCUT2D eigenvalue weighted by atomic mass is 9.90. The lowest BCUT2D eigenvalue weighted by molar-refractivity contribution is -0.257. The van der Waals surface area contributed by atoms with E-state index in [2.05, 4.69) is 48.5 Å². The highest BCUT2D eigenvalue weighted by atomic mass is 16.7. The van der Waals surface area contributed by atoms with E-state index in [1.807, 2.05) is 0 Å². The van der Waals surface area contributed by atoms with Gasteiger partial charge in [-0.15, -0.1) is 0 Å². The van der Waals surface area contributed by atoms with Crippen LogP contribution in [0.15, 0.2) is 54.8 Å². The maximum Gasteiger partial charge on any atom is 0.208 e. The molecule has 0 aliphatic carbocycles. The zero-order valence-electron chi connectivity index (χ0n) is 9.24. The Morgan fingerprint density at radius 3 is 2.71 bits per heavy atom. The number of benzene rings is 2. The van der Waals surface area contributed by atoms with Crippen molar-refractivity contribution in [2.45, 2.75) is 12.4 Å². The van der Waals surface area contributed by atoms with Crippen LogP contribution in [0.2, 0.25) is 0 Å². The highest BCUT2D eigenvalue weighted by Gasteiger charge is 2.45. The predicted molar refractivity (Wildman–Crippen MR) is 65.3 cm³/mol. The summed E-state index contributed by atoms with van der Waals surface area (Å²) in [7, 11) is 0. The summed E-state index contributed by atoms with van der Waals surface area (Å²) in [4.78, 5) is 0. The molecule has 0 bridgehead atoms. The highest BCUT2D eigenvalue weighted by molar-refractivity contribution is 5.83. The minimum absolute atomic E-state index is 0.0496. The molecule has 4 rings (SSSR count). The first-order valence-electron chi connectivity index (χ1n) is 5.88. The molecule has 2 aromatic rings. The number of fused-ring (bicyclic) bond motifs is 2. The molecule has 0 unspecified atom stereocenters. The Morgan fingerprint density at radius 1 is 0.941 bits per heavy atom. The third kappa shape index (κ3) is 1.31. The van der Waals surface area contributed by atoms with Crippen molar-refractivity contribution in [3.8, 4) is 0 Å². The predicted octanol–water partition coefficient (Wildman–Crippen LogP) is 3.40. The van der Waals surface area contributed by atoms with Gasteiger partial charge < -0.3 is 9.47 Å². The topological polar surface area (TPSA) is 18.5 Å². The first kappa shape index (κ1) is 9.25. The Bertz CT molecular complexity index is 603. The van der Waals surface area contributed by atoms with E-state index in [9.17, 15) is 0 Å². The van der Waals surface area contributed by atoms with Crippen molar-refractivity contribution in [3.63, 3.8) is 0 Å². The van der Waals surface area contributed by atoms with Gasteiger partial charge in [-0.2, -0.15) is 0 Å². The first-order valence-corrected chi connectivity index (χ1v) is 5.88. The molecule has 2 aliphatic rings. The van der Waals surface area contributed by atoms with Crippen molar-refractivity contribution in [1.29, 1.82) is 0 Å². The second kappa shape index (κ2) is 3.34. The molecule has 2 aliphatic heterocycles. The minimum Gasteiger partial charge on any atom is -0.472 e. The van der Waals surface area contributed by atoms with E-state index in [0.29, 0.717) is 5.92 Å². The number of rotatable bonds is 1. The van der Waals surface area contributed by atoms with Crippen LogP contribution in [0.1, 0.15) is 11.7 Å². The lowest BCUT2D eigenvalue weighted by Gasteiger charge is -2.38. The van der Waals surface area contributed by atoms with Gasteiger partial charge in [0.25, 0.3) is 0 Å². The standard InChI is InChI=1S/C15H12O2/c1-2-4-11-9-12(6-5-10(11)3-1)14-13-7-8-16-15(13)17-14/h1-9,13-15H/t13-,14+,15+/m0/s1. The van der Waals surface area contributed by atoms with E-state index < -0.39 is 0 Å². The Labute approximate surface area is 99.5 Å². The largest absolute Gasteiger partial charge is 0.472 e. The molecule has 2 nitrogen and oxygen atoms in total. The zero-order valence-corrected chi connectivity index (χ0v) is 9.24. The summed E-state index contributed by atoms with van der Waals surface area (Å²) < 4.78 is 11.0. The van der Waals surface area contributed by atoms with E-state index in [1.165, 1.54) is 16.3 Å². The fraction of sp³-hybridized carbons (Fsp3) is 0.200. The van der Waals surface area contributed by atoms with Gasteiger partial charge in [0.1, 0.15) is 0 Å². The molecule has 2 aromatic carbocycles. The average Bonchev–Trinajstić information content (AvgIpc) is 2.71. The molecule has 0 spiro atoms. The van der Waals surface area contributed by atoms with E-state index in [1.54, 1.807) is 6.26 Å². The van der Waals surface area contributed by atoms with Gasteiger partial charge in [-0.3, -0.25) is 0 Å². The van der Waals surface area contributed by atoms with Gasteiger partial charge in [0.15, 0.2) is 0 Å². The third-order valence-corrected chi connectivity index (χ3v) is 3.56. The first-order chi connectivity index (χ1) is 8.42. The fourth-order valence-corrected chi connectivity index (χ4v) is 2.59. The van der Waals surface area contributed by atoms with Gasteiger partial charge >= 0.3 is 0 Å². The molecule has 0 saturated carbocycles. The van der Waals surface area contributed by atoms with E-state index in [-0.39, 0.29) is 12.4 Å². The molecular weight excluding hydrogens is 212 g/mol. The SMILES string of the molecule is C1=C[C@@H]2[C@H](O1)O[C@@H]2c1ccc2ccccc2c1. The van der Waals surface area contributed by atoms with Crippen molar-refractivity contribution in [2.75, 3.05) is 0 Å². The van der Waals surface area contributed by atoms with Crippen molar-refractivity contribution >= 4 is 10.8 Å². The van der Waals surface area contributed by atoms with Gasteiger partial charge in [0, 0.05) is 0 Å². The normalized spacial score (nSPS) is 29.8. The Hall–Kier alpha value is -1.80. The van der Waals surface area contributed by atoms with Crippen LogP contribution in [0.5, 0.6) is 0 Å². The average molecular weight is 224 g/mol. The van der Waals surface area contributed by atoms with Crippen LogP contribution in [0.25, 0.3) is 10.8 Å². The Morgan fingerprint density at radius 2 is 1.82 bits per heavy atom. The van der Waals surface area contributed by atoms with Crippen LogP contribution < -0.4 is 0 Å². The van der Waals surface area contributed by atoms with Gasteiger partial charge in [-0.05, 0) is 28.5 Å². The molecule has 1 fully saturated rings. The molecule has 17 heavy (non-hydrogen) atoms. The summed E-state index contributed by atoms with van der Waals surface area (Å²) in [6.45, 7) is 0. The summed E-state index contributed by atoms with van der Waals surface area (Å²) in [6, 6.07) is 14.9. The Balaban J connectivity index is 1.74. The van der Waals surface area contributed by atoms with E-state index in [0.717, 1.165) is 0 Å². The number of ether oxygens (including phenoxy) is 2. The molecule has 0 amide bonds. The second-order valence-electron chi connectivity index (χ2n) is 4.57. The maximum atomic E-state index is 5.71. The minimum atomic E-state index is -0.0496. The van der Waals surface area contributed by atoms with Crippen molar-refractivity contribution in [2.24, 2.45) is 5.92 Å². The molecule has 0 radical (unpaired) electrons. The molecule has 84 valence electrons. The monoisotopic (exact) mass is 224 g/mol. The van der Waals surface area contributed by atoms with Crippen LogP contribution >= 0.6 is 0 Å². The van der Waals surface area contributed by atoms with Crippen molar-refractivity contribution in [3.05, 3.63) is 60.4 Å². The molecular formula is C15H12O2. The smallest absolute Gasteiger partial charge is 0.208 e. The maximum absolute atomic E-state index is 5.71. The fourth-order valence-electron chi connectivity index (χ4n) is 2.59. The van der Waals surface area contributed by atoms with Crippen LogP contribution in [0.3, 0.4) is 0 Å². The molecule has 2 heterocycles. The van der Waals surface area contributed by atoms with E-state index >= 15 is 0 Å². The van der Waals surface area contributed by atoms with Crippen LogP contribution in [-0.4, -0.2) is 6.29 Å². The van der Waals surface area contributed by atoms with Gasteiger partial charge in [-0.25, -0.2) is 0 Å². The molecule has 2 heteroatoms. The molecule has 1 saturated heterocycles. The summed E-state index contributed by atoms with van der Waals surface area (Å²) >= 11 is 0. The van der Waals surface area contributed by atoms with Crippen LogP contribution in [0.4, 0.5) is 0 Å². The van der Waals surface area contributed by atoms with Crippen LogP contribution in [-0.2, 0) is 9.47 Å². The molecule has 3 atom stereocenters. The van der Waals surface area contributed by atoms with Crippen molar-refractivity contribution in [1.82, 2.24) is 0 Å². The lowest BCUT2D eigenvalue weighted by Crippen LogP contribution is -2.39. The Kier molecular flexibility index (Phi) is 1.82. The second-order valence-corrected chi connectivity index (χ2v) is 4.57. The van der Waals surface area contributed by atoms with Gasteiger partial charge in [-0.1, -0.05) is 36.4 Å². The van der Waals surface area contributed by atoms with Gasteiger partial charge in [0.05, 0.1) is 18.3 Å². The highest BCUT2D eigenvalue weighted by Crippen LogP contribution is 2.45. The zero-order chi connectivity index (χ0) is 11.2. The quantitative estimate of drug-likeness (QED) is 0.739. The molecule has 0 aromatic heterocycles. The van der Waals surface area contributed by atoms with Crippen LogP contribution in [0, 0.1) is 5.92 Å². The van der Waals surface area contributed by atoms with Gasteiger partial charge in [0.2, 0.25) is 6.29 Å². The van der Waals surface area contributed by atoms with E-state index in [4.69, 9.17) is 9.47 Å². The van der Waals surface area contributed by atoms with Crippen molar-refractivity contribution < 1.29 is 9.47 Å². The summed E-state index contributed by atoms with van der Waals surface area (Å²) in [5, 5.41) is 2.53. The third-order valence-electron chi connectivity index (χ3n) is 3.56. The summed E-state index contributed by atoms with van der Waals surface area (Å²) in [5.74, 6) is 0.385. The summed E-state index contributed by atoms with van der Waals surface area (Å²) in [6.07, 6.45) is 3.94. The number of hydrogen-bond acceptors (Lipinski definition) is 2.